The molecule has 0 radical (unpaired) electrons. The quantitative estimate of drug-likeness (QED) is 0.658. The monoisotopic (exact) mass is 409 g/mol. The minimum Gasteiger partial charge on any atom is -0.493 e. The zero-order valence-corrected chi connectivity index (χ0v) is 17.8. The lowest BCUT2D eigenvalue weighted by atomic mass is 10.0. The Labute approximate surface area is 176 Å². The minimum atomic E-state index is -0.519. The van der Waals surface area contributed by atoms with Crippen LogP contribution in [0.3, 0.4) is 0 Å². The van der Waals surface area contributed by atoms with E-state index in [9.17, 15) is 20.0 Å². The van der Waals surface area contributed by atoms with Gasteiger partial charge in [-0.1, -0.05) is 13.3 Å². The number of carbonyl (C=O) groups is 1. The molecule has 0 saturated heterocycles. The van der Waals surface area contributed by atoms with Gasteiger partial charge in [-0.05, 0) is 51.0 Å². The van der Waals surface area contributed by atoms with Crippen LogP contribution in [0.1, 0.15) is 55.1 Å². The van der Waals surface area contributed by atoms with Gasteiger partial charge in [-0.3, -0.25) is 14.2 Å². The van der Waals surface area contributed by atoms with Crippen LogP contribution in [0, 0.1) is 11.3 Å². The molecule has 1 amide bonds. The lowest BCUT2D eigenvalue weighted by Gasteiger charge is -2.18. The maximum Gasteiger partial charge on any atom is 0.281 e. The molecule has 0 spiro atoms. The zero-order chi connectivity index (χ0) is 22.3. The molecule has 1 aromatic heterocycles. The van der Waals surface area contributed by atoms with Crippen LogP contribution < -0.4 is 5.56 Å². The average molecular weight is 409 g/mol. The van der Waals surface area contributed by atoms with E-state index in [1.54, 1.807) is 29.2 Å². The molecule has 0 fully saturated rings. The highest BCUT2D eigenvalue weighted by Crippen LogP contribution is 2.28. The second-order valence-corrected chi connectivity index (χ2v) is 6.83. The van der Waals surface area contributed by atoms with Gasteiger partial charge in [0.15, 0.2) is 5.69 Å². The van der Waals surface area contributed by atoms with E-state index in [0.29, 0.717) is 36.3 Å². The van der Waals surface area contributed by atoms with Crippen LogP contribution in [-0.4, -0.2) is 33.6 Å². The van der Waals surface area contributed by atoms with Crippen LogP contribution in [0.15, 0.2) is 39.3 Å². The molecule has 0 aliphatic carbocycles. The summed E-state index contributed by atoms with van der Waals surface area (Å²) in [4.78, 5) is 26.8. The highest BCUT2D eigenvalue weighted by atomic mass is 16.3. The molecule has 1 heterocycles. The number of hydrogen-bond acceptors (Lipinski definition) is 6. The van der Waals surface area contributed by atoms with Crippen LogP contribution in [0.4, 0.5) is 11.4 Å². The predicted octanol–water partition coefficient (Wildman–Crippen LogP) is 4.20. The number of amides is 1. The largest absolute Gasteiger partial charge is 0.493 e. The van der Waals surface area contributed by atoms with Gasteiger partial charge in [0.25, 0.3) is 11.5 Å². The van der Waals surface area contributed by atoms with Gasteiger partial charge >= 0.3 is 0 Å². The zero-order valence-electron chi connectivity index (χ0n) is 17.8. The van der Waals surface area contributed by atoms with Crippen molar-refractivity contribution in [2.24, 2.45) is 17.3 Å². The Kier molecular flexibility index (Phi) is 7.87. The maximum atomic E-state index is 12.6. The number of nitrogens with zero attached hydrogens (tertiary/aromatic N) is 5. The first-order valence-corrected chi connectivity index (χ1v) is 10.0. The summed E-state index contributed by atoms with van der Waals surface area (Å²) in [6.45, 7) is 7.10. The molecular formula is C22H27N5O3. The first-order valence-electron chi connectivity index (χ1n) is 10.0. The number of benzene rings is 1. The number of carbonyl (C=O) groups excluding carboxylic acids is 1. The SMILES string of the molecule is CCCCc1c(C#N)c(O)n(C)c(=O)c1N=Nc1ccc(C(=O)N(CC)CC)cc1. The van der Waals surface area contributed by atoms with Crippen molar-refractivity contribution >= 4 is 17.3 Å². The lowest BCUT2D eigenvalue weighted by Crippen LogP contribution is -2.30. The molecule has 0 unspecified atom stereocenters. The molecule has 158 valence electrons. The number of unbranched alkanes of at least 4 members (excludes halogenated alkanes) is 1. The van der Waals surface area contributed by atoms with Crippen molar-refractivity contribution in [2.45, 2.75) is 40.0 Å². The number of aromatic nitrogens is 1. The molecule has 0 aliphatic rings. The third-order valence-electron chi connectivity index (χ3n) is 4.96. The third-order valence-corrected chi connectivity index (χ3v) is 4.96. The lowest BCUT2D eigenvalue weighted by molar-refractivity contribution is 0.0773. The van der Waals surface area contributed by atoms with Crippen LogP contribution in [0.5, 0.6) is 5.88 Å². The summed E-state index contributed by atoms with van der Waals surface area (Å²) >= 11 is 0. The highest BCUT2D eigenvalue weighted by Gasteiger charge is 2.20. The fraction of sp³-hybridized carbons (Fsp3) is 0.409. The number of hydrogen-bond donors (Lipinski definition) is 1. The van der Waals surface area contributed by atoms with Crippen LogP contribution in [0.25, 0.3) is 0 Å². The molecule has 30 heavy (non-hydrogen) atoms. The first-order chi connectivity index (χ1) is 14.4. The van der Waals surface area contributed by atoms with E-state index in [2.05, 4.69) is 10.2 Å². The highest BCUT2D eigenvalue weighted by molar-refractivity contribution is 5.94. The normalized spacial score (nSPS) is 10.9. The Morgan fingerprint density at radius 3 is 2.33 bits per heavy atom. The molecule has 0 atom stereocenters. The van der Waals surface area contributed by atoms with Gasteiger partial charge in [0.1, 0.15) is 11.6 Å². The predicted molar refractivity (Wildman–Crippen MR) is 115 cm³/mol. The van der Waals surface area contributed by atoms with E-state index in [0.717, 1.165) is 17.4 Å². The molecule has 1 N–H and O–H groups in total. The molecule has 2 rings (SSSR count). The van der Waals surface area contributed by atoms with E-state index >= 15 is 0 Å². The summed E-state index contributed by atoms with van der Waals surface area (Å²) in [7, 11) is 1.38. The molecule has 0 aliphatic heterocycles. The number of nitriles is 1. The molecule has 8 heteroatoms. The van der Waals surface area contributed by atoms with Gasteiger partial charge in [-0.15, -0.1) is 5.11 Å². The summed E-state index contributed by atoms with van der Waals surface area (Å²) in [5.41, 5.74) is 0.991. The van der Waals surface area contributed by atoms with Crippen molar-refractivity contribution < 1.29 is 9.90 Å². The van der Waals surface area contributed by atoms with Crippen molar-refractivity contribution in [1.29, 1.82) is 5.26 Å². The van der Waals surface area contributed by atoms with Gasteiger partial charge in [0, 0.05) is 31.3 Å². The summed E-state index contributed by atoms with van der Waals surface area (Å²) < 4.78 is 0.994. The van der Waals surface area contributed by atoms with Crippen molar-refractivity contribution in [3.05, 3.63) is 51.3 Å². The fourth-order valence-corrected chi connectivity index (χ4v) is 3.09. The van der Waals surface area contributed by atoms with E-state index in [1.165, 1.54) is 7.05 Å². The third kappa shape index (κ3) is 4.74. The molecule has 2 aromatic rings. The summed E-state index contributed by atoms with van der Waals surface area (Å²) in [6, 6.07) is 8.62. The van der Waals surface area contributed by atoms with Gasteiger partial charge in [-0.2, -0.15) is 10.4 Å². The second-order valence-electron chi connectivity index (χ2n) is 6.83. The van der Waals surface area contributed by atoms with E-state index in [-0.39, 0.29) is 23.0 Å². The van der Waals surface area contributed by atoms with Crippen LogP contribution >= 0.6 is 0 Å². The Morgan fingerprint density at radius 1 is 1.17 bits per heavy atom. The molecular weight excluding hydrogens is 382 g/mol. The van der Waals surface area contributed by atoms with Crippen molar-refractivity contribution in [2.75, 3.05) is 13.1 Å². The Balaban J connectivity index is 2.42. The van der Waals surface area contributed by atoms with Crippen molar-refractivity contribution in [3.63, 3.8) is 0 Å². The average Bonchev–Trinajstić information content (AvgIpc) is 2.76. The Bertz CT molecular complexity index is 1030. The van der Waals surface area contributed by atoms with Crippen LogP contribution in [-0.2, 0) is 13.5 Å². The Hall–Kier alpha value is -3.47. The topological polar surface area (TPSA) is 111 Å². The first kappa shape index (κ1) is 22.8. The van der Waals surface area contributed by atoms with Gasteiger partial charge in [0.2, 0.25) is 5.88 Å². The van der Waals surface area contributed by atoms with Crippen molar-refractivity contribution in [1.82, 2.24) is 9.47 Å². The standard InChI is InChI=1S/C22H27N5O3/c1-5-8-9-17-18(14-23)21(29)26(4)22(30)19(17)25-24-16-12-10-15(11-13-16)20(28)27(6-2)7-3/h10-13,29H,5-9H2,1-4H3. The maximum absolute atomic E-state index is 12.6. The number of azo groups is 1. The smallest absolute Gasteiger partial charge is 0.281 e. The summed E-state index contributed by atoms with van der Waals surface area (Å²) in [6.07, 6.45) is 2.04. The number of rotatable bonds is 8. The van der Waals surface area contributed by atoms with Gasteiger partial charge in [0.05, 0.1) is 5.69 Å². The molecule has 0 saturated carbocycles. The van der Waals surface area contributed by atoms with Gasteiger partial charge < -0.3 is 10.0 Å². The van der Waals surface area contributed by atoms with Gasteiger partial charge in [-0.25, -0.2) is 0 Å². The van der Waals surface area contributed by atoms with E-state index in [1.807, 2.05) is 26.8 Å². The molecule has 0 bridgehead atoms. The van der Waals surface area contributed by atoms with Crippen molar-refractivity contribution in [3.8, 4) is 11.9 Å². The van der Waals surface area contributed by atoms with E-state index < -0.39 is 5.56 Å². The Morgan fingerprint density at radius 2 is 1.80 bits per heavy atom. The fourth-order valence-electron chi connectivity index (χ4n) is 3.09. The minimum absolute atomic E-state index is 0.0414. The second kappa shape index (κ2) is 10.3. The van der Waals surface area contributed by atoms with E-state index in [4.69, 9.17) is 0 Å². The van der Waals surface area contributed by atoms with Crippen LogP contribution in [0.2, 0.25) is 0 Å². The summed E-state index contributed by atoms with van der Waals surface area (Å²) in [5, 5.41) is 27.9. The molecule has 8 nitrogen and oxygen atoms in total. The number of pyridine rings is 1. The molecule has 1 aromatic carbocycles. The summed E-state index contributed by atoms with van der Waals surface area (Å²) in [5.74, 6) is -0.428. The number of aromatic hydroxyl groups is 1.